The molecule has 0 fully saturated rings. The molecule has 0 aliphatic rings. The summed E-state index contributed by atoms with van der Waals surface area (Å²) in [5.74, 6) is -0.137. The van der Waals surface area contributed by atoms with E-state index in [9.17, 15) is 9.59 Å². The number of aromatic nitrogens is 1. The molecule has 3 aromatic rings. The van der Waals surface area contributed by atoms with E-state index >= 15 is 0 Å². The number of pyridine rings is 1. The van der Waals surface area contributed by atoms with Crippen molar-refractivity contribution >= 4 is 23.2 Å². The Morgan fingerprint density at radius 1 is 0.931 bits per heavy atom. The van der Waals surface area contributed by atoms with Crippen LogP contribution in [0.1, 0.15) is 38.9 Å². The number of carbonyl (C=O) groups excluding carboxylic acids is 2. The van der Waals surface area contributed by atoms with Crippen LogP contribution in [-0.4, -0.2) is 23.4 Å². The number of rotatable bonds is 6. The van der Waals surface area contributed by atoms with E-state index in [2.05, 4.69) is 15.6 Å². The van der Waals surface area contributed by atoms with Crippen molar-refractivity contribution in [2.24, 2.45) is 0 Å². The zero-order valence-electron chi connectivity index (χ0n) is 16.7. The van der Waals surface area contributed by atoms with Crippen LogP contribution in [0, 0.1) is 13.8 Å². The Morgan fingerprint density at radius 2 is 1.72 bits per heavy atom. The first-order valence-electron chi connectivity index (χ1n) is 9.35. The fourth-order valence-corrected chi connectivity index (χ4v) is 2.76. The van der Waals surface area contributed by atoms with Crippen molar-refractivity contribution in [2.75, 3.05) is 17.2 Å². The molecule has 0 aliphatic carbocycles. The molecule has 29 heavy (non-hydrogen) atoms. The minimum Gasteiger partial charge on any atom is -0.492 e. The first kappa shape index (κ1) is 20.1. The minimum absolute atomic E-state index is 0.161. The number of carbonyl (C=O) groups is 2. The molecule has 2 aromatic carbocycles. The predicted molar refractivity (Wildman–Crippen MR) is 114 cm³/mol. The highest BCUT2D eigenvalue weighted by molar-refractivity contribution is 6.08. The van der Waals surface area contributed by atoms with Crippen molar-refractivity contribution in [1.82, 2.24) is 4.98 Å². The quantitative estimate of drug-likeness (QED) is 0.646. The minimum atomic E-state index is -0.377. The Kier molecular flexibility index (Phi) is 6.24. The number of anilines is 2. The molecule has 0 atom stereocenters. The summed E-state index contributed by atoms with van der Waals surface area (Å²) in [5, 5.41) is 5.63. The summed E-state index contributed by atoms with van der Waals surface area (Å²) in [6, 6.07) is 15.9. The third-order valence-electron chi connectivity index (χ3n) is 4.45. The second kappa shape index (κ2) is 9.01. The molecular formula is C23H23N3O3. The Morgan fingerprint density at radius 3 is 2.48 bits per heavy atom. The maximum absolute atomic E-state index is 12.7. The van der Waals surface area contributed by atoms with Crippen LogP contribution in [0.15, 0.2) is 60.8 Å². The first-order valence-corrected chi connectivity index (χ1v) is 9.35. The van der Waals surface area contributed by atoms with E-state index in [0.29, 0.717) is 29.3 Å². The van der Waals surface area contributed by atoms with Crippen LogP contribution in [0.2, 0.25) is 0 Å². The van der Waals surface area contributed by atoms with Crippen LogP contribution in [-0.2, 0) is 0 Å². The van der Waals surface area contributed by atoms with Crippen LogP contribution in [0.5, 0.6) is 5.75 Å². The summed E-state index contributed by atoms with van der Waals surface area (Å²) in [6.07, 6.45) is 1.44. The molecular weight excluding hydrogens is 366 g/mol. The summed E-state index contributed by atoms with van der Waals surface area (Å²) in [5.41, 5.74) is 3.96. The maximum Gasteiger partial charge on any atom is 0.274 e. The Labute approximate surface area is 169 Å². The van der Waals surface area contributed by atoms with E-state index in [4.69, 9.17) is 4.74 Å². The fourth-order valence-electron chi connectivity index (χ4n) is 2.76. The highest BCUT2D eigenvalue weighted by Crippen LogP contribution is 2.24. The van der Waals surface area contributed by atoms with Gasteiger partial charge in [-0.05, 0) is 68.3 Å². The average Bonchev–Trinajstić information content (AvgIpc) is 2.72. The Bertz CT molecular complexity index is 1050. The lowest BCUT2D eigenvalue weighted by atomic mass is 10.1. The second-order valence-electron chi connectivity index (χ2n) is 6.57. The molecule has 3 rings (SSSR count). The van der Waals surface area contributed by atoms with Crippen LogP contribution in [0.4, 0.5) is 11.4 Å². The highest BCUT2D eigenvalue weighted by atomic mass is 16.5. The summed E-state index contributed by atoms with van der Waals surface area (Å²) >= 11 is 0. The smallest absolute Gasteiger partial charge is 0.274 e. The van der Waals surface area contributed by atoms with Gasteiger partial charge in [-0.25, -0.2) is 0 Å². The van der Waals surface area contributed by atoms with E-state index < -0.39 is 0 Å². The molecule has 0 saturated carbocycles. The van der Waals surface area contributed by atoms with Crippen LogP contribution in [0.3, 0.4) is 0 Å². The Hall–Kier alpha value is -3.67. The lowest BCUT2D eigenvalue weighted by molar-refractivity contribution is 0.102. The first-order chi connectivity index (χ1) is 14.0. The molecule has 0 saturated heterocycles. The van der Waals surface area contributed by atoms with Gasteiger partial charge >= 0.3 is 0 Å². The molecule has 0 spiro atoms. The van der Waals surface area contributed by atoms with Crippen molar-refractivity contribution in [1.29, 1.82) is 0 Å². The fraction of sp³-hybridized carbons (Fsp3) is 0.174. The predicted octanol–water partition coefficient (Wildman–Crippen LogP) is 4.60. The molecule has 1 heterocycles. The largest absolute Gasteiger partial charge is 0.492 e. The molecule has 2 N–H and O–H groups in total. The maximum atomic E-state index is 12.7. The van der Waals surface area contributed by atoms with Crippen molar-refractivity contribution in [2.45, 2.75) is 20.8 Å². The summed E-state index contributed by atoms with van der Waals surface area (Å²) in [7, 11) is 0. The van der Waals surface area contributed by atoms with Gasteiger partial charge in [0.05, 0.1) is 12.3 Å². The monoisotopic (exact) mass is 389 g/mol. The number of aryl methyl sites for hydroxylation is 2. The van der Waals surface area contributed by atoms with E-state index in [1.54, 1.807) is 18.2 Å². The van der Waals surface area contributed by atoms with Crippen LogP contribution in [0.25, 0.3) is 0 Å². The number of hydrogen-bond acceptors (Lipinski definition) is 4. The van der Waals surface area contributed by atoms with Gasteiger partial charge in [-0.1, -0.05) is 18.2 Å². The second-order valence-corrected chi connectivity index (χ2v) is 6.57. The van der Waals surface area contributed by atoms with Gasteiger partial charge in [-0.2, -0.15) is 0 Å². The highest BCUT2D eigenvalue weighted by Gasteiger charge is 2.14. The summed E-state index contributed by atoms with van der Waals surface area (Å²) in [6.45, 7) is 6.36. The van der Waals surface area contributed by atoms with Gasteiger partial charge in [0, 0.05) is 17.4 Å². The standard InChI is InChI=1S/C23H23N3O3/c1-4-29-21-8-6-5-7-19(21)26-22(27)17-11-12-24-20(14-17)23(28)25-18-10-9-15(2)16(3)13-18/h5-14H,4H2,1-3H3,(H,25,28)(H,26,27). The number of amides is 2. The number of benzene rings is 2. The summed E-state index contributed by atoms with van der Waals surface area (Å²) < 4.78 is 5.53. The lowest BCUT2D eigenvalue weighted by Gasteiger charge is -2.12. The van der Waals surface area contributed by atoms with Crippen molar-refractivity contribution in [3.63, 3.8) is 0 Å². The molecule has 6 nitrogen and oxygen atoms in total. The number of para-hydroxylation sites is 2. The number of ether oxygens (including phenoxy) is 1. The zero-order chi connectivity index (χ0) is 20.8. The zero-order valence-corrected chi connectivity index (χ0v) is 16.7. The van der Waals surface area contributed by atoms with Gasteiger partial charge in [0.25, 0.3) is 11.8 Å². The third kappa shape index (κ3) is 4.99. The van der Waals surface area contributed by atoms with Gasteiger partial charge in [-0.15, -0.1) is 0 Å². The van der Waals surface area contributed by atoms with Crippen molar-refractivity contribution < 1.29 is 14.3 Å². The Balaban J connectivity index is 1.75. The van der Waals surface area contributed by atoms with E-state index in [0.717, 1.165) is 11.1 Å². The summed E-state index contributed by atoms with van der Waals surface area (Å²) in [4.78, 5) is 29.3. The molecule has 2 amide bonds. The van der Waals surface area contributed by atoms with Gasteiger partial charge in [0.1, 0.15) is 11.4 Å². The molecule has 0 aliphatic heterocycles. The van der Waals surface area contributed by atoms with Crippen LogP contribution < -0.4 is 15.4 Å². The topological polar surface area (TPSA) is 80.3 Å². The lowest BCUT2D eigenvalue weighted by Crippen LogP contribution is -2.17. The van der Waals surface area contributed by atoms with Gasteiger partial charge in [0.2, 0.25) is 0 Å². The molecule has 0 radical (unpaired) electrons. The number of nitrogens with zero attached hydrogens (tertiary/aromatic N) is 1. The van der Waals surface area contributed by atoms with Crippen molar-refractivity contribution in [3.05, 3.63) is 83.2 Å². The van der Waals surface area contributed by atoms with E-state index in [-0.39, 0.29) is 17.5 Å². The van der Waals surface area contributed by atoms with Gasteiger partial charge in [-0.3, -0.25) is 14.6 Å². The van der Waals surface area contributed by atoms with Gasteiger partial charge < -0.3 is 15.4 Å². The molecule has 1 aromatic heterocycles. The molecule has 6 heteroatoms. The number of nitrogens with one attached hydrogen (secondary N) is 2. The normalized spacial score (nSPS) is 10.3. The SMILES string of the molecule is CCOc1ccccc1NC(=O)c1ccnc(C(=O)Nc2ccc(C)c(C)c2)c1. The molecule has 0 bridgehead atoms. The van der Waals surface area contributed by atoms with E-state index in [1.807, 2.05) is 51.1 Å². The average molecular weight is 389 g/mol. The molecule has 148 valence electrons. The van der Waals surface area contributed by atoms with Crippen molar-refractivity contribution in [3.8, 4) is 5.75 Å². The third-order valence-corrected chi connectivity index (χ3v) is 4.45. The molecule has 0 unspecified atom stereocenters. The van der Waals surface area contributed by atoms with E-state index in [1.165, 1.54) is 12.3 Å². The van der Waals surface area contributed by atoms with Gasteiger partial charge in [0.15, 0.2) is 0 Å². The van der Waals surface area contributed by atoms with Crippen LogP contribution >= 0.6 is 0 Å². The number of hydrogen-bond donors (Lipinski definition) is 2.